The van der Waals surface area contributed by atoms with Gasteiger partial charge in [0.25, 0.3) is 5.91 Å². The number of aryl methyl sites for hydroxylation is 2. The number of pyridine rings is 1. The van der Waals surface area contributed by atoms with E-state index in [1.165, 1.54) is 0 Å². The summed E-state index contributed by atoms with van der Waals surface area (Å²) in [5, 5.41) is 2.86. The quantitative estimate of drug-likeness (QED) is 0.879. The van der Waals surface area contributed by atoms with Crippen LogP contribution in [0.5, 0.6) is 0 Å². The first-order valence-electron chi connectivity index (χ1n) is 5.40. The molecule has 2 aromatic heterocycles. The van der Waals surface area contributed by atoms with E-state index in [-0.39, 0.29) is 5.91 Å². The molecule has 0 aliphatic rings. The zero-order chi connectivity index (χ0) is 12.3. The number of amides is 1. The lowest BCUT2D eigenvalue weighted by atomic mass is 10.1. The van der Waals surface area contributed by atoms with E-state index in [9.17, 15) is 4.79 Å². The van der Waals surface area contributed by atoms with Crippen LogP contribution in [0.1, 0.15) is 27.2 Å². The van der Waals surface area contributed by atoms with Crippen LogP contribution in [0, 0.1) is 13.8 Å². The Morgan fingerprint density at radius 2 is 2.06 bits per heavy atom. The SMILES string of the molecule is Cc1coc(C)c1C(=O)NCc1ccncc1. The second-order valence-electron chi connectivity index (χ2n) is 3.89. The molecule has 0 saturated carbocycles. The van der Waals surface area contributed by atoms with Gasteiger partial charge in [-0.2, -0.15) is 0 Å². The van der Waals surface area contributed by atoms with Gasteiger partial charge in [0.1, 0.15) is 5.76 Å². The van der Waals surface area contributed by atoms with Gasteiger partial charge >= 0.3 is 0 Å². The van der Waals surface area contributed by atoms with Crippen molar-refractivity contribution in [3.05, 3.63) is 53.2 Å². The molecule has 2 aromatic rings. The fourth-order valence-corrected chi connectivity index (χ4v) is 1.68. The Kier molecular flexibility index (Phi) is 3.23. The van der Waals surface area contributed by atoms with E-state index in [4.69, 9.17) is 4.42 Å². The summed E-state index contributed by atoms with van der Waals surface area (Å²) < 4.78 is 5.20. The highest BCUT2D eigenvalue weighted by Gasteiger charge is 2.14. The summed E-state index contributed by atoms with van der Waals surface area (Å²) in [5.41, 5.74) is 2.50. The minimum absolute atomic E-state index is 0.106. The average Bonchev–Trinajstić information content (AvgIpc) is 2.67. The molecule has 1 amide bonds. The number of furan rings is 1. The molecular formula is C13H14N2O2. The summed E-state index contributed by atoms with van der Waals surface area (Å²) in [7, 11) is 0. The van der Waals surface area contributed by atoms with Gasteiger partial charge in [0.2, 0.25) is 0 Å². The standard InChI is InChI=1S/C13H14N2O2/c1-9-8-17-10(2)12(9)13(16)15-7-11-3-5-14-6-4-11/h3-6,8H,7H2,1-2H3,(H,15,16). The Hall–Kier alpha value is -2.10. The Bertz CT molecular complexity index is 498. The molecule has 0 aliphatic carbocycles. The normalized spacial score (nSPS) is 10.2. The predicted octanol–water partition coefficient (Wildman–Crippen LogP) is 2.22. The second kappa shape index (κ2) is 4.82. The fourth-order valence-electron chi connectivity index (χ4n) is 1.68. The van der Waals surface area contributed by atoms with Crippen molar-refractivity contribution in [3.8, 4) is 0 Å². The summed E-state index contributed by atoms with van der Waals surface area (Å²) in [6.45, 7) is 4.14. The number of nitrogens with zero attached hydrogens (tertiary/aromatic N) is 1. The number of carbonyl (C=O) groups is 1. The molecule has 4 nitrogen and oxygen atoms in total. The van der Waals surface area contributed by atoms with E-state index in [2.05, 4.69) is 10.3 Å². The van der Waals surface area contributed by atoms with Crippen LogP contribution in [-0.4, -0.2) is 10.9 Å². The van der Waals surface area contributed by atoms with Gasteiger partial charge in [-0.05, 0) is 31.5 Å². The van der Waals surface area contributed by atoms with Gasteiger partial charge in [-0.25, -0.2) is 0 Å². The number of nitrogens with one attached hydrogen (secondary N) is 1. The molecule has 4 heteroatoms. The molecule has 0 radical (unpaired) electrons. The van der Waals surface area contributed by atoms with E-state index in [1.807, 2.05) is 19.1 Å². The number of hydrogen-bond acceptors (Lipinski definition) is 3. The zero-order valence-electron chi connectivity index (χ0n) is 9.86. The van der Waals surface area contributed by atoms with Crippen LogP contribution in [0.25, 0.3) is 0 Å². The lowest BCUT2D eigenvalue weighted by Crippen LogP contribution is -2.23. The molecule has 0 saturated heterocycles. The monoisotopic (exact) mass is 230 g/mol. The van der Waals surface area contributed by atoms with Gasteiger partial charge < -0.3 is 9.73 Å². The lowest BCUT2D eigenvalue weighted by molar-refractivity contribution is 0.0949. The van der Waals surface area contributed by atoms with Gasteiger partial charge in [0.15, 0.2) is 0 Å². The Balaban J connectivity index is 2.04. The molecule has 2 rings (SSSR count). The molecule has 0 spiro atoms. The first-order chi connectivity index (χ1) is 8.18. The highest BCUT2D eigenvalue weighted by Crippen LogP contribution is 2.15. The van der Waals surface area contributed by atoms with Gasteiger partial charge in [-0.15, -0.1) is 0 Å². The first kappa shape index (κ1) is 11.4. The van der Waals surface area contributed by atoms with Gasteiger partial charge in [-0.3, -0.25) is 9.78 Å². The molecule has 0 fully saturated rings. The van der Waals surface area contributed by atoms with Crippen LogP contribution in [0.3, 0.4) is 0 Å². The van der Waals surface area contributed by atoms with E-state index in [0.29, 0.717) is 17.9 Å². The highest BCUT2D eigenvalue weighted by atomic mass is 16.3. The third-order valence-corrected chi connectivity index (χ3v) is 2.59. The molecule has 0 aromatic carbocycles. The van der Waals surface area contributed by atoms with Crippen molar-refractivity contribution in [1.82, 2.24) is 10.3 Å². The molecule has 0 aliphatic heterocycles. The molecule has 0 atom stereocenters. The Labute approximate surface area is 99.7 Å². The Morgan fingerprint density at radius 3 is 2.65 bits per heavy atom. The Morgan fingerprint density at radius 1 is 1.35 bits per heavy atom. The summed E-state index contributed by atoms with van der Waals surface area (Å²) in [6, 6.07) is 3.74. The number of aromatic nitrogens is 1. The molecule has 88 valence electrons. The van der Waals surface area contributed by atoms with E-state index < -0.39 is 0 Å². The number of carbonyl (C=O) groups excluding carboxylic acids is 1. The van der Waals surface area contributed by atoms with Gasteiger partial charge in [0, 0.05) is 24.5 Å². The predicted molar refractivity (Wildman–Crippen MR) is 63.6 cm³/mol. The summed E-state index contributed by atoms with van der Waals surface area (Å²) in [5.74, 6) is 0.542. The van der Waals surface area contributed by atoms with Crippen molar-refractivity contribution >= 4 is 5.91 Å². The molecule has 2 heterocycles. The van der Waals surface area contributed by atoms with Crippen LogP contribution in [0.4, 0.5) is 0 Å². The highest BCUT2D eigenvalue weighted by molar-refractivity contribution is 5.96. The minimum Gasteiger partial charge on any atom is -0.469 e. The average molecular weight is 230 g/mol. The number of hydrogen-bond donors (Lipinski definition) is 1. The number of rotatable bonds is 3. The summed E-state index contributed by atoms with van der Waals surface area (Å²) in [6.07, 6.45) is 5.00. The van der Waals surface area contributed by atoms with Gasteiger partial charge in [-0.1, -0.05) is 0 Å². The molecule has 0 unspecified atom stereocenters. The molecule has 17 heavy (non-hydrogen) atoms. The largest absolute Gasteiger partial charge is 0.469 e. The second-order valence-corrected chi connectivity index (χ2v) is 3.89. The summed E-state index contributed by atoms with van der Waals surface area (Å²) >= 11 is 0. The fraction of sp³-hybridized carbons (Fsp3) is 0.231. The smallest absolute Gasteiger partial charge is 0.255 e. The van der Waals surface area contributed by atoms with Crippen molar-refractivity contribution in [1.29, 1.82) is 0 Å². The van der Waals surface area contributed by atoms with Crippen molar-refractivity contribution in [2.75, 3.05) is 0 Å². The van der Waals surface area contributed by atoms with Crippen LogP contribution >= 0.6 is 0 Å². The first-order valence-corrected chi connectivity index (χ1v) is 5.40. The molecule has 0 bridgehead atoms. The molecule has 1 N–H and O–H groups in total. The van der Waals surface area contributed by atoms with Crippen LogP contribution < -0.4 is 5.32 Å². The van der Waals surface area contributed by atoms with E-state index in [1.54, 1.807) is 25.6 Å². The van der Waals surface area contributed by atoms with Crippen LogP contribution in [-0.2, 0) is 6.54 Å². The van der Waals surface area contributed by atoms with Crippen molar-refractivity contribution in [3.63, 3.8) is 0 Å². The maximum absolute atomic E-state index is 11.9. The van der Waals surface area contributed by atoms with Gasteiger partial charge in [0.05, 0.1) is 11.8 Å². The third-order valence-electron chi connectivity index (χ3n) is 2.59. The molecular weight excluding hydrogens is 216 g/mol. The maximum atomic E-state index is 11.9. The van der Waals surface area contributed by atoms with Crippen LogP contribution in [0.15, 0.2) is 35.2 Å². The lowest BCUT2D eigenvalue weighted by Gasteiger charge is -2.05. The maximum Gasteiger partial charge on any atom is 0.255 e. The van der Waals surface area contributed by atoms with E-state index in [0.717, 1.165) is 11.1 Å². The van der Waals surface area contributed by atoms with Crippen molar-refractivity contribution in [2.24, 2.45) is 0 Å². The topological polar surface area (TPSA) is 55.1 Å². The zero-order valence-corrected chi connectivity index (χ0v) is 9.86. The van der Waals surface area contributed by atoms with Crippen LogP contribution in [0.2, 0.25) is 0 Å². The minimum atomic E-state index is -0.106. The van der Waals surface area contributed by atoms with Crippen molar-refractivity contribution < 1.29 is 9.21 Å². The third kappa shape index (κ3) is 2.53. The van der Waals surface area contributed by atoms with E-state index >= 15 is 0 Å². The van der Waals surface area contributed by atoms with Crippen molar-refractivity contribution in [2.45, 2.75) is 20.4 Å². The summed E-state index contributed by atoms with van der Waals surface area (Å²) in [4.78, 5) is 15.9.